The Hall–Kier alpha value is -3.34. The molecule has 2 unspecified atom stereocenters. The van der Waals surface area contributed by atoms with Gasteiger partial charge in [-0.1, -0.05) is 42.5 Å². The number of nitrogens with one attached hydrogen (secondary N) is 2. The molecule has 3 aliphatic heterocycles. The van der Waals surface area contributed by atoms with E-state index in [1.165, 1.54) is 11.1 Å². The summed E-state index contributed by atoms with van der Waals surface area (Å²) in [6.45, 7) is 3.54. The maximum atomic E-state index is 13.2. The van der Waals surface area contributed by atoms with Gasteiger partial charge in [0.15, 0.2) is 0 Å². The zero-order valence-electron chi connectivity index (χ0n) is 16.9. The molecule has 2 atom stereocenters. The van der Waals surface area contributed by atoms with Gasteiger partial charge in [0, 0.05) is 35.9 Å². The summed E-state index contributed by atoms with van der Waals surface area (Å²) in [6, 6.07) is 14.4. The quantitative estimate of drug-likeness (QED) is 0.649. The molecule has 4 heterocycles. The van der Waals surface area contributed by atoms with Gasteiger partial charge in [0.1, 0.15) is 0 Å². The normalized spacial score (nSPS) is 26.2. The molecule has 5 heteroatoms. The lowest BCUT2D eigenvalue weighted by molar-refractivity contribution is -0.126. The number of imide groups is 1. The average molecular weight is 397 g/mol. The van der Waals surface area contributed by atoms with Crippen LogP contribution < -0.4 is 10.6 Å². The first-order chi connectivity index (χ1) is 14.6. The van der Waals surface area contributed by atoms with Crippen LogP contribution in [0.4, 0.5) is 5.69 Å². The fraction of sp³-hybridized carbons (Fsp3) is 0.280. The van der Waals surface area contributed by atoms with E-state index in [-0.39, 0.29) is 11.8 Å². The number of rotatable bonds is 2. The SMILES string of the molecule is CC1(c2cn3c4c(cccc24)CCC3)C(=O)NC(=O)C1C=C1CNc2ccccc21. The fourth-order valence-electron chi connectivity index (χ4n) is 5.48. The van der Waals surface area contributed by atoms with E-state index in [0.29, 0.717) is 6.54 Å². The van der Waals surface area contributed by atoms with Gasteiger partial charge in [-0.2, -0.15) is 0 Å². The van der Waals surface area contributed by atoms with Crippen molar-refractivity contribution in [2.45, 2.75) is 31.7 Å². The molecule has 2 amide bonds. The van der Waals surface area contributed by atoms with E-state index in [4.69, 9.17) is 0 Å². The fourth-order valence-corrected chi connectivity index (χ4v) is 5.48. The summed E-state index contributed by atoms with van der Waals surface area (Å²) in [6.07, 6.45) is 6.26. The summed E-state index contributed by atoms with van der Waals surface area (Å²) in [5.41, 5.74) is 5.80. The van der Waals surface area contributed by atoms with Crippen molar-refractivity contribution in [3.63, 3.8) is 0 Å². The van der Waals surface area contributed by atoms with E-state index >= 15 is 0 Å². The van der Waals surface area contributed by atoms with E-state index in [1.54, 1.807) is 0 Å². The molecule has 0 spiro atoms. The molecule has 6 rings (SSSR count). The number of amides is 2. The summed E-state index contributed by atoms with van der Waals surface area (Å²) in [5.74, 6) is -0.972. The van der Waals surface area contributed by atoms with Crippen LogP contribution in [-0.4, -0.2) is 22.9 Å². The first kappa shape index (κ1) is 17.5. The molecule has 1 aromatic heterocycles. The van der Waals surface area contributed by atoms with Crippen molar-refractivity contribution in [3.05, 3.63) is 71.4 Å². The monoisotopic (exact) mass is 397 g/mol. The van der Waals surface area contributed by atoms with Crippen molar-refractivity contribution in [3.8, 4) is 0 Å². The van der Waals surface area contributed by atoms with Crippen molar-refractivity contribution in [2.24, 2.45) is 5.92 Å². The minimum Gasteiger partial charge on any atom is -0.380 e. The lowest BCUT2D eigenvalue weighted by Gasteiger charge is -2.25. The van der Waals surface area contributed by atoms with Gasteiger partial charge < -0.3 is 9.88 Å². The maximum Gasteiger partial charge on any atom is 0.238 e. The maximum absolute atomic E-state index is 13.2. The van der Waals surface area contributed by atoms with Gasteiger partial charge in [0.05, 0.1) is 16.8 Å². The molecule has 0 bridgehead atoms. The highest BCUT2D eigenvalue weighted by molar-refractivity contribution is 6.13. The second kappa shape index (κ2) is 6.08. The van der Waals surface area contributed by atoms with Crippen LogP contribution >= 0.6 is 0 Å². The third kappa shape index (κ3) is 2.23. The largest absolute Gasteiger partial charge is 0.380 e. The molecule has 0 aliphatic carbocycles. The number of carbonyl (C=O) groups is 2. The van der Waals surface area contributed by atoms with Crippen LogP contribution in [0.2, 0.25) is 0 Å². The molecule has 150 valence electrons. The highest BCUT2D eigenvalue weighted by Crippen LogP contribution is 2.45. The summed E-state index contributed by atoms with van der Waals surface area (Å²) in [4.78, 5) is 26.2. The van der Waals surface area contributed by atoms with Gasteiger partial charge in [0.25, 0.3) is 0 Å². The van der Waals surface area contributed by atoms with E-state index in [9.17, 15) is 9.59 Å². The van der Waals surface area contributed by atoms with E-state index in [1.807, 2.05) is 31.2 Å². The van der Waals surface area contributed by atoms with Gasteiger partial charge in [-0.15, -0.1) is 0 Å². The molecule has 5 nitrogen and oxygen atoms in total. The van der Waals surface area contributed by atoms with Crippen LogP contribution in [0.25, 0.3) is 16.5 Å². The first-order valence-electron chi connectivity index (χ1n) is 10.6. The average Bonchev–Trinajstić information content (AvgIpc) is 3.40. The Morgan fingerprint density at radius 1 is 1.13 bits per heavy atom. The minimum absolute atomic E-state index is 0.211. The molecule has 2 aromatic carbocycles. The smallest absolute Gasteiger partial charge is 0.238 e. The number of anilines is 1. The van der Waals surface area contributed by atoms with Crippen molar-refractivity contribution in [2.75, 3.05) is 11.9 Å². The molecule has 30 heavy (non-hydrogen) atoms. The Kier molecular flexibility index (Phi) is 3.55. The number of aromatic nitrogens is 1. The van der Waals surface area contributed by atoms with Crippen LogP contribution in [0.1, 0.15) is 30.0 Å². The summed E-state index contributed by atoms with van der Waals surface area (Å²) < 4.78 is 2.27. The lowest BCUT2D eigenvalue weighted by Crippen LogP contribution is -2.36. The van der Waals surface area contributed by atoms with Crippen LogP contribution in [0.15, 0.2) is 54.7 Å². The lowest BCUT2D eigenvalue weighted by atomic mass is 9.72. The zero-order chi connectivity index (χ0) is 20.5. The van der Waals surface area contributed by atoms with Gasteiger partial charge in [-0.05, 0) is 42.5 Å². The summed E-state index contributed by atoms with van der Waals surface area (Å²) in [5, 5.41) is 7.10. The molecule has 0 saturated carbocycles. The third-order valence-electron chi connectivity index (χ3n) is 7.11. The summed E-state index contributed by atoms with van der Waals surface area (Å²) >= 11 is 0. The molecule has 3 aliphatic rings. The number of hydrogen-bond donors (Lipinski definition) is 2. The number of nitrogens with zero attached hydrogens (tertiary/aromatic N) is 1. The zero-order valence-corrected chi connectivity index (χ0v) is 16.9. The van der Waals surface area contributed by atoms with Crippen molar-refractivity contribution in [1.29, 1.82) is 0 Å². The molecule has 1 fully saturated rings. The number of para-hydroxylation sites is 2. The predicted molar refractivity (Wildman–Crippen MR) is 117 cm³/mol. The molecular weight excluding hydrogens is 374 g/mol. The second-order valence-corrected chi connectivity index (χ2v) is 8.74. The molecule has 0 radical (unpaired) electrons. The number of fused-ring (bicyclic) bond motifs is 1. The van der Waals surface area contributed by atoms with Crippen molar-refractivity contribution in [1.82, 2.24) is 9.88 Å². The van der Waals surface area contributed by atoms with Gasteiger partial charge >= 0.3 is 0 Å². The molecule has 2 N–H and O–H groups in total. The van der Waals surface area contributed by atoms with Crippen LogP contribution in [0.5, 0.6) is 0 Å². The topological polar surface area (TPSA) is 63.1 Å². The molecular formula is C25H23N3O2. The first-order valence-corrected chi connectivity index (χ1v) is 10.6. The highest BCUT2D eigenvalue weighted by Gasteiger charge is 2.53. The summed E-state index contributed by atoms with van der Waals surface area (Å²) in [7, 11) is 0. The number of benzene rings is 2. The Morgan fingerprint density at radius 3 is 2.90 bits per heavy atom. The van der Waals surface area contributed by atoms with Crippen molar-refractivity contribution < 1.29 is 9.59 Å². The number of aryl methyl sites for hydroxylation is 2. The number of carbonyl (C=O) groups excluding carboxylic acids is 2. The molecule has 1 saturated heterocycles. The standard InChI is InChI=1S/C25H23N3O2/c1-25(20-14-28-11-5-7-15-6-4-9-18(20)22(15)28)19(23(29)27-24(25)30)12-16-13-26-21-10-3-2-8-17(16)21/h2-4,6,8-10,12,14,19,26H,5,7,11,13H2,1H3,(H,27,29,30). The van der Waals surface area contributed by atoms with Crippen LogP contribution in [0, 0.1) is 5.92 Å². The second-order valence-electron chi connectivity index (χ2n) is 8.74. The highest BCUT2D eigenvalue weighted by atomic mass is 16.2. The number of hydrogen-bond acceptors (Lipinski definition) is 3. The van der Waals surface area contributed by atoms with Gasteiger partial charge in [-0.25, -0.2) is 0 Å². The minimum atomic E-state index is -0.936. The van der Waals surface area contributed by atoms with Gasteiger partial charge in [-0.3, -0.25) is 14.9 Å². The van der Waals surface area contributed by atoms with E-state index in [2.05, 4.69) is 45.7 Å². The Balaban J connectivity index is 1.54. The molecule has 3 aromatic rings. The Morgan fingerprint density at radius 2 is 2.00 bits per heavy atom. The Bertz CT molecular complexity index is 1270. The van der Waals surface area contributed by atoms with Crippen LogP contribution in [0.3, 0.4) is 0 Å². The predicted octanol–water partition coefficient (Wildman–Crippen LogP) is 3.63. The van der Waals surface area contributed by atoms with E-state index < -0.39 is 11.3 Å². The van der Waals surface area contributed by atoms with E-state index in [0.717, 1.165) is 47.2 Å². The van der Waals surface area contributed by atoms with Crippen LogP contribution in [-0.2, 0) is 28.0 Å². The third-order valence-corrected chi connectivity index (χ3v) is 7.11. The van der Waals surface area contributed by atoms with Gasteiger partial charge in [0.2, 0.25) is 11.8 Å². The van der Waals surface area contributed by atoms with Crippen molar-refractivity contribution >= 4 is 34.0 Å². The Labute approximate surface area is 174 Å².